The number of hydrogen-bond donors (Lipinski definition) is 1. The first kappa shape index (κ1) is 16.2. The van der Waals surface area contributed by atoms with E-state index < -0.39 is 0 Å². The summed E-state index contributed by atoms with van der Waals surface area (Å²) < 4.78 is 0. The molecule has 0 aliphatic rings. The highest BCUT2D eigenvalue weighted by Gasteiger charge is 2.11. The summed E-state index contributed by atoms with van der Waals surface area (Å²) in [7, 11) is 2.09. The Morgan fingerprint density at radius 3 is 2.74 bits per heavy atom. The quantitative estimate of drug-likeness (QED) is 0.705. The van der Waals surface area contributed by atoms with Gasteiger partial charge in [-0.2, -0.15) is 16.9 Å². The van der Waals surface area contributed by atoms with Crippen molar-refractivity contribution in [2.75, 3.05) is 30.5 Å². The van der Waals surface area contributed by atoms with Crippen LogP contribution < -0.4 is 10.2 Å². The fourth-order valence-electron chi connectivity index (χ4n) is 1.74. The molecule has 0 aromatic carbocycles. The van der Waals surface area contributed by atoms with Crippen LogP contribution in [0.2, 0.25) is 0 Å². The van der Waals surface area contributed by atoms with E-state index in [1.807, 2.05) is 11.8 Å². The Morgan fingerprint density at radius 2 is 2.16 bits per heavy atom. The van der Waals surface area contributed by atoms with Crippen molar-refractivity contribution in [2.45, 2.75) is 39.3 Å². The van der Waals surface area contributed by atoms with Gasteiger partial charge in [-0.25, -0.2) is 0 Å². The second-order valence-corrected chi connectivity index (χ2v) is 5.79. The molecule has 0 fully saturated rings. The monoisotopic (exact) mass is 282 g/mol. The molecule has 1 aromatic rings. The molecule has 1 rings (SSSR count). The highest BCUT2D eigenvalue weighted by molar-refractivity contribution is 7.98. The first-order valence-electron chi connectivity index (χ1n) is 6.94. The van der Waals surface area contributed by atoms with Gasteiger partial charge in [0.25, 0.3) is 0 Å². The Morgan fingerprint density at radius 1 is 1.37 bits per heavy atom. The number of thioether (sulfide) groups is 1. The molecule has 0 amide bonds. The standard InChI is InChI=1S/C14H26N4S/c1-5-9-15-11-13-6-7-14(17-16-13)18(3)12(2)8-10-19-4/h6-7,12,15H,5,8-11H2,1-4H3. The first-order chi connectivity index (χ1) is 9.19. The van der Waals surface area contributed by atoms with Gasteiger partial charge in [0.05, 0.1) is 5.69 Å². The molecule has 1 aromatic heterocycles. The fraction of sp³-hybridized carbons (Fsp3) is 0.714. The topological polar surface area (TPSA) is 41.0 Å². The van der Waals surface area contributed by atoms with E-state index >= 15 is 0 Å². The van der Waals surface area contributed by atoms with Crippen LogP contribution in [0.4, 0.5) is 5.82 Å². The van der Waals surface area contributed by atoms with Gasteiger partial charge >= 0.3 is 0 Å². The Bertz CT molecular complexity index is 342. The van der Waals surface area contributed by atoms with E-state index in [-0.39, 0.29) is 0 Å². The molecule has 5 heteroatoms. The number of rotatable bonds is 9. The van der Waals surface area contributed by atoms with Gasteiger partial charge in [0.2, 0.25) is 0 Å². The van der Waals surface area contributed by atoms with Gasteiger partial charge in [-0.15, -0.1) is 5.10 Å². The van der Waals surface area contributed by atoms with Crippen LogP contribution in [0, 0.1) is 0 Å². The Hall–Kier alpha value is -0.810. The molecule has 1 unspecified atom stereocenters. The van der Waals surface area contributed by atoms with E-state index in [2.05, 4.69) is 59.7 Å². The van der Waals surface area contributed by atoms with E-state index in [1.165, 1.54) is 12.2 Å². The zero-order chi connectivity index (χ0) is 14.1. The molecule has 1 N–H and O–H groups in total. The summed E-state index contributed by atoms with van der Waals surface area (Å²) in [4.78, 5) is 2.20. The number of nitrogens with one attached hydrogen (secondary N) is 1. The van der Waals surface area contributed by atoms with Crippen LogP contribution in [-0.2, 0) is 6.54 Å². The van der Waals surface area contributed by atoms with Gasteiger partial charge in [-0.1, -0.05) is 6.92 Å². The van der Waals surface area contributed by atoms with Crippen molar-refractivity contribution in [1.82, 2.24) is 15.5 Å². The van der Waals surface area contributed by atoms with Crippen LogP contribution in [0.1, 0.15) is 32.4 Å². The Labute approximate surface area is 121 Å². The van der Waals surface area contributed by atoms with Crippen molar-refractivity contribution >= 4 is 17.6 Å². The van der Waals surface area contributed by atoms with Gasteiger partial charge in [0.15, 0.2) is 5.82 Å². The zero-order valence-electron chi connectivity index (χ0n) is 12.5. The van der Waals surface area contributed by atoms with E-state index in [1.54, 1.807) is 0 Å². The summed E-state index contributed by atoms with van der Waals surface area (Å²) in [6, 6.07) is 4.61. The smallest absolute Gasteiger partial charge is 0.151 e. The van der Waals surface area contributed by atoms with E-state index in [0.29, 0.717) is 6.04 Å². The van der Waals surface area contributed by atoms with Crippen molar-refractivity contribution < 1.29 is 0 Å². The second-order valence-electron chi connectivity index (χ2n) is 4.80. The van der Waals surface area contributed by atoms with Crippen molar-refractivity contribution in [2.24, 2.45) is 0 Å². The van der Waals surface area contributed by atoms with Gasteiger partial charge < -0.3 is 10.2 Å². The largest absolute Gasteiger partial charge is 0.355 e. The number of hydrogen-bond acceptors (Lipinski definition) is 5. The lowest BCUT2D eigenvalue weighted by molar-refractivity contribution is 0.641. The summed E-state index contributed by atoms with van der Waals surface area (Å²) in [5.74, 6) is 2.13. The van der Waals surface area contributed by atoms with E-state index in [0.717, 1.165) is 31.0 Å². The molecule has 1 heterocycles. The molecule has 0 bridgehead atoms. The molecular formula is C14H26N4S. The Kier molecular flexibility index (Phi) is 7.82. The van der Waals surface area contributed by atoms with Gasteiger partial charge in [0.1, 0.15) is 0 Å². The third-order valence-corrected chi connectivity index (χ3v) is 3.84. The van der Waals surface area contributed by atoms with Crippen LogP contribution in [-0.4, -0.2) is 41.8 Å². The molecule has 1 atom stereocenters. The average Bonchev–Trinajstić information content (AvgIpc) is 2.45. The van der Waals surface area contributed by atoms with Gasteiger partial charge in [0, 0.05) is 19.6 Å². The molecule has 0 aliphatic carbocycles. The first-order valence-corrected chi connectivity index (χ1v) is 8.33. The summed E-state index contributed by atoms with van der Waals surface area (Å²) in [5, 5.41) is 11.9. The highest BCUT2D eigenvalue weighted by atomic mass is 32.2. The molecule has 0 radical (unpaired) electrons. The number of nitrogens with zero attached hydrogens (tertiary/aromatic N) is 3. The molecule has 4 nitrogen and oxygen atoms in total. The molecule has 0 spiro atoms. The Balaban J connectivity index is 2.50. The molecule has 0 saturated heterocycles. The maximum atomic E-state index is 4.32. The lowest BCUT2D eigenvalue weighted by Gasteiger charge is -2.25. The van der Waals surface area contributed by atoms with Crippen molar-refractivity contribution in [3.05, 3.63) is 17.8 Å². The summed E-state index contributed by atoms with van der Waals surface area (Å²) in [6.45, 7) is 6.21. The van der Waals surface area contributed by atoms with Crippen LogP contribution in [0.25, 0.3) is 0 Å². The molecule has 0 saturated carbocycles. The van der Waals surface area contributed by atoms with Crippen LogP contribution in [0.3, 0.4) is 0 Å². The third kappa shape index (κ3) is 5.78. The van der Waals surface area contributed by atoms with E-state index in [9.17, 15) is 0 Å². The summed E-state index contributed by atoms with van der Waals surface area (Å²) in [5.41, 5.74) is 1.00. The molecule has 108 valence electrons. The van der Waals surface area contributed by atoms with Crippen molar-refractivity contribution in [3.8, 4) is 0 Å². The molecule has 19 heavy (non-hydrogen) atoms. The van der Waals surface area contributed by atoms with Crippen LogP contribution in [0.15, 0.2) is 12.1 Å². The van der Waals surface area contributed by atoms with Crippen LogP contribution >= 0.6 is 11.8 Å². The average molecular weight is 282 g/mol. The summed E-state index contributed by atoms with van der Waals surface area (Å²) >= 11 is 1.89. The predicted molar refractivity (Wildman–Crippen MR) is 84.9 cm³/mol. The van der Waals surface area contributed by atoms with E-state index in [4.69, 9.17) is 0 Å². The zero-order valence-corrected chi connectivity index (χ0v) is 13.3. The molecule has 0 aliphatic heterocycles. The summed E-state index contributed by atoms with van der Waals surface area (Å²) in [6.07, 6.45) is 4.45. The number of aromatic nitrogens is 2. The second kappa shape index (κ2) is 9.15. The highest BCUT2D eigenvalue weighted by Crippen LogP contribution is 2.14. The minimum atomic E-state index is 0.491. The van der Waals surface area contributed by atoms with Crippen molar-refractivity contribution in [3.63, 3.8) is 0 Å². The molecular weight excluding hydrogens is 256 g/mol. The fourth-order valence-corrected chi connectivity index (χ4v) is 2.31. The minimum Gasteiger partial charge on any atom is -0.355 e. The van der Waals surface area contributed by atoms with Gasteiger partial charge in [-0.3, -0.25) is 0 Å². The van der Waals surface area contributed by atoms with Gasteiger partial charge in [-0.05, 0) is 50.5 Å². The lowest BCUT2D eigenvalue weighted by Crippen LogP contribution is -2.30. The minimum absolute atomic E-state index is 0.491. The normalized spacial score (nSPS) is 12.4. The third-order valence-electron chi connectivity index (χ3n) is 3.20. The maximum absolute atomic E-state index is 4.32. The van der Waals surface area contributed by atoms with Crippen LogP contribution in [0.5, 0.6) is 0 Å². The predicted octanol–water partition coefficient (Wildman–Crippen LogP) is 2.55. The maximum Gasteiger partial charge on any atom is 0.151 e. The number of anilines is 1. The SMILES string of the molecule is CCCNCc1ccc(N(C)C(C)CCSC)nn1. The van der Waals surface area contributed by atoms with Crippen molar-refractivity contribution in [1.29, 1.82) is 0 Å². The lowest BCUT2D eigenvalue weighted by atomic mass is 10.2.